The summed E-state index contributed by atoms with van der Waals surface area (Å²) in [4.78, 5) is 22.1. The van der Waals surface area contributed by atoms with Gasteiger partial charge in [-0.2, -0.15) is 0 Å². The normalized spacial score (nSPS) is 11.3. The van der Waals surface area contributed by atoms with Crippen molar-refractivity contribution in [3.05, 3.63) is 54.6 Å². The van der Waals surface area contributed by atoms with Crippen LogP contribution in [0.25, 0.3) is 0 Å². The van der Waals surface area contributed by atoms with Crippen LogP contribution in [0.4, 0.5) is 0 Å². The minimum Gasteiger partial charge on any atom is -0.484 e. The lowest BCUT2D eigenvalue weighted by molar-refractivity contribution is -0.141. The van der Waals surface area contributed by atoms with Crippen LogP contribution in [-0.2, 0) is 9.59 Å². The summed E-state index contributed by atoms with van der Waals surface area (Å²) in [7, 11) is 0. The van der Waals surface area contributed by atoms with Crippen molar-refractivity contribution in [1.29, 1.82) is 0 Å². The van der Waals surface area contributed by atoms with E-state index in [2.05, 4.69) is 5.32 Å². The monoisotopic (exact) mass is 315 g/mol. The fourth-order valence-electron chi connectivity index (χ4n) is 1.72. The van der Waals surface area contributed by atoms with Crippen LogP contribution in [0.2, 0.25) is 0 Å². The highest BCUT2D eigenvalue weighted by molar-refractivity contribution is 5.84. The molecule has 0 aliphatic carbocycles. The molecule has 0 unspecified atom stereocenters. The van der Waals surface area contributed by atoms with Gasteiger partial charge in [0.15, 0.2) is 6.61 Å². The minimum absolute atomic E-state index is 0.253. The van der Waals surface area contributed by atoms with Crippen molar-refractivity contribution in [3.8, 4) is 17.2 Å². The minimum atomic E-state index is -1.10. The van der Waals surface area contributed by atoms with E-state index in [9.17, 15) is 9.59 Å². The Bertz CT molecular complexity index is 654. The molecule has 0 heterocycles. The molecule has 0 fully saturated rings. The Hall–Kier alpha value is -3.02. The lowest BCUT2D eigenvalue weighted by atomic mass is 10.3. The third kappa shape index (κ3) is 5.35. The second-order valence-corrected chi connectivity index (χ2v) is 4.80. The molecule has 6 nitrogen and oxygen atoms in total. The van der Waals surface area contributed by atoms with Crippen LogP contribution in [0.3, 0.4) is 0 Å². The SMILES string of the molecule is C[C@H](NC(=O)COc1ccc(Oc2ccccc2)cc1)C(=O)O. The van der Waals surface area contributed by atoms with Gasteiger partial charge in [0, 0.05) is 0 Å². The molecule has 120 valence electrons. The van der Waals surface area contributed by atoms with Gasteiger partial charge in [-0.1, -0.05) is 18.2 Å². The zero-order valence-electron chi connectivity index (χ0n) is 12.6. The maximum atomic E-state index is 11.5. The third-order valence-electron chi connectivity index (χ3n) is 2.92. The second-order valence-electron chi connectivity index (χ2n) is 4.80. The first-order valence-electron chi connectivity index (χ1n) is 7.02. The van der Waals surface area contributed by atoms with Crippen molar-refractivity contribution in [1.82, 2.24) is 5.32 Å². The predicted octanol–water partition coefficient (Wildman–Crippen LogP) is 2.45. The molecule has 6 heteroatoms. The van der Waals surface area contributed by atoms with Gasteiger partial charge in [0.1, 0.15) is 23.3 Å². The van der Waals surface area contributed by atoms with E-state index in [1.807, 2.05) is 30.3 Å². The summed E-state index contributed by atoms with van der Waals surface area (Å²) in [6, 6.07) is 15.2. The Morgan fingerprint density at radius 1 is 1.00 bits per heavy atom. The lowest BCUT2D eigenvalue weighted by Crippen LogP contribution is -2.40. The first-order chi connectivity index (χ1) is 11.0. The number of para-hydroxylation sites is 1. The number of nitrogens with one attached hydrogen (secondary N) is 1. The number of carboxylic acid groups (broad SMARTS) is 1. The summed E-state index contributed by atoms with van der Waals surface area (Å²) >= 11 is 0. The molecule has 23 heavy (non-hydrogen) atoms. The van der Waals surface area contributed by atoms with Crippen LogP contribution in [0.5, 0.6) is 17.2 Å². The summed E-state index contributed by atoms with van der Waals surface area (Å²) in [5.41, 5.74) is 0. The first-order valence-corrected chi connectivity index (χ1v) is 7.02. The molecular weight excluding hydrogens is 298 g/mol. The Balaban J connectivity index is 1.83. The fraction of sp³-hybridized carbons (Fsp3) is 0.176. The van der Waals surface area contributed by atoms with Crippen LogP contribution in [0.15, 0.2) is 54.6 Å². The predicted molar refractivity (Wildman–Crippen MR) is 83.7 cm³/mol. The smallest absolute Gasteiger partial charge is 0.325 e. The molecule has 0 aliphatic heterocycles. The molecule has 0 saturated heterocycles. The molecule has 0 radical (unpaired) electrons. The molecule has 0 aliphatic rings. The topological polar surface area (TPSA) is 84.9 Å². The lowest BCUT2D eigenvalue weighted by Gasteiger charge is -2.11. The Kier molecular flexibility index (Phi) is 5.57. The highest BCUT2D eigenvalue weighted by Crippen LogP contribution is 2.23. The van der Waals surface area contributed by atoms with Gasteiger partial charge < -0.3 is 19.9 Å². The van der Waals surface area contributed by atoms with Gasteiger partial charge in [0.25, 0.3) is 5.91 Å². The molecule has 2 aromatic rings. The van der Waals surface area contributed by atoms with Gasteiger partial charge in [-0.05, 0) is 43.3 Å². The van der Waals surface area contributed by atoms with Crippen LogP contribution in [-0.4, -0.2) is 29.6 Å². The van der Waals surface area contributed by atoms with Gasteiger partial charge in [-0.25, -0.2) is 0 Å². The molecule has 1 amide bonds. The molecule has 2 rings (SSSR count). The van der Waals surface area contributed by atoms with Crippen LogP contribution in [0.1, 0.15) is 6.92 Å². The van der Waals surface area contributed by atoms with Gasteiger partial charge >= 0.3 is 5.97 Å². The number of hydrogen-bond acceptors (Lipinski definition) is 4. The van der Waals surface area contributed by atoms with Crippen molar-refractivity contribution < 1.29 is 24.2 Å². The van der Waals surface area contributed by atoms with Crippen LogP contribution < -0.4 is 14.8 Å². The largest absolute Gasteiger partial charge is 0.484 e. The number of ether oxygens (including phenoxy) is 2. The molecule has 2 aromatic carbocycles. The summed E-state index contributed by atoms with van der Waals surface area (Å²) < 4.78 is 10.9. The summed E-state index contributed by atoms with van der Waals surface area (Å²) in [6.07, 6.45) is 0. The number of amides is 1. The number of aliphatic carboxylic acids is 1. The number of carbonyl (C=O) groups is 2. The first kappa shape index (κ1) is 16.4. The average Bonchev–Trinajstić information content (AvgIpc) is 2.55. The standard InChI is InChI=1S/C17H17NO5/c1-12(17(20)21)18-16(19)11-22-13-7-9-15(10-8-13)23-14-5-3-2-4-6-14/h2-10,12H,11H2,1H3,(H,18,19)(H,20,21)/t12-/m0/s1. The number of rotatable bonds is 7. The van der Waals surface area contributed by atoms with Crippen molar-refractivity contribution in [3.63, 3.8) is 0 Å². The number of carboxylic acids is 1. The van der Waals surface area contributed by atoms with Crippen LogP contribution in [0, 0.1) is 0 Å². The Labute approximate surface area is 133 Å². The third-order valence-corrected chi connectivity index (χ3v) is 2.92. The van der Waals surface area contributed by atoms with Gasteiger partial charge in [-0.15, -0.1) is 0 Å². The van der Waals surface area contributed by atoms with E-state index in [4.69, 9.17) is 14.6 Å². The molecule has 0 spiro atoms. The number of hydrogen-bond donors (Lipinski definition) is 2. The van der Waals surface area contributed by atoms with Crippen molar-refractivity contribution in [2.24, 2.45) is 0 Å². The van der Waals surface area contributed by atoms with Crippen molar-refractivity contribution in [2.45, 2.75) is 13.0 Å². The van der Waals surface area contributed by atoms with E-state index in [0.29, 0.717) is 11.5 Å². The second kappa shape index (κ2) is 7.84. The van der Waals surface area contributed by atoms with E-state index in [1.54, 1.807) is 24.3 Å². The quantitative estimate of drug-likeness (QED) is 0.820. The molecule has 0 bridgehead atoms. The van der Waals surface area contributed by atoms with Gasteiger partial charge in [0.05, 0.1) is 0 Å². The van der Waals surface area contributed by atoms with E-state index >= 15 is 0 Å². The molecular formula is C17H17NO5. The zero-order valence-corrected chi connectivity index (χ0v) is 12.6. The van der Waals surface area contributed by atoms with E-state index < -0.39 is 17.9 Å². The average molecular weight is 315 g/mol. The van der Waals surface area contributed by atoms with Gasteiger partial charge in [-0.3, -0.25) is 9.59 Å². The van der Waals surface area contributed by atoms with E-state index in [0.717, 1.165) is 5.75 Å². The molecule has 2 N–H and O–H groups in total. The van der Waals surface area contributed by atoms with E-state index in [-0.39, 0.29) is 6.61 Å². The maximum absolute atomic E-state index is 11.5. The molecule has 0 saturated carbocycles. The summed E-state index contributed by atoms with van der Waals surface area (Å²) in [6.45, 7) is 1.13. The Morgan fingerprint density at radius 2 is 1.57 bits per heavy atom. The fourth-order valence-corrected chi connectivity index (χ4v) is 1.72. The highest BCUT2D eigenvalue weighted by atomic mass is 16.5. The van der Waals surface area contributed by atoms with E-state index in [1.165, 1.54) is 6.92 Å². The molecule has 1 atom stereocenters. The number of carbonyl (C=O) groups excluding carboxylic acids is 1. The molecule has 0 aromatic heterocycles. The highest BCUT2D eigenvalue weighted by Gasteiger charge is 2.14. The number of benzene rings is 2. The van der Waals surface area contributed by atoms with Crippen molar-refractivity contribution >= 4 is 11.9 Å². The summed E-state index contributed by atoms with van der Waals surface area (Å²) in [5.74, 6) is 0.268. The van der Waals surface area contributed by atoms with Gasteiger partial charge in [0.2, 0.25) is 0 Å². The van der Waals surface area contributed by atoms with Crippen LogP contribution >= 0.6 is 0 Å². The van der Waals surface area contributed by atoms with Crippen molar-refractivity contribution in [2.75, 3.05) is 6.61 Å². The zero-order chi connectivity index (χ0) is 16.7. The maximum Gasteiger partial charge on any atom is 0.325 e. The summed E-state index contributed by atoms with van der Waals surface area (Å²) in [5, 5.41) is 11.0. The Morgan fingerprint density at radius 3 is 2.17 bits per heavy atom.